The Morgan fingerprint density at radius 1 is 1.06 bits per heavy atom. The van der Waals surface area contributed by atoms with E-state index in [-0.39, 0.29) is 17.7 Å². The second-order valence-electron chi connectivity index (χ2n) is 7.95. The fraction of sp³-hybridized carbons (Fsp3) is 0.107. The predicted octanol–water partition coefficient (Wildman–Crippen LogP) is 6.58. The number of aliphatic imine (C=N–C) groups is 1. The molecule has 4 heteroatoms. The zero-order valence-electron chi connectivity index (χ0n) is 17.6. The molecule has 5 rings (SSSR count). The van der Waals surface area contributed by atoms with E-state index < -0.39 is 0 Å². The van der Waals surface area contributed by atoms with Crippen LogP contribution in [0.2, 0.25) is 0 Å². The molecular weight excluding hydrogens is 460 g/mol. The summed E-state index contributed by atoms with van der Waals surface area (Å²) in [7, 11) is 0. The van der Waals surface area contributed by atoms with Crippen molar-refractivity contribution in [3.8, 4) is 0 Å². The van der Waals surface area contributed by atoms with Crippen molar-refractivity contribution >= 4 is 50.0 Å². The number of nitrogens with zero attached hydrogens (tertiary/aromatic N) is 2. The number of carbonyl (C=O) groups is 1. The molecule has 0 amide bonds. The Hall–Kier alpha value is -3.37. The smallest absolute Gasteiger partial charge is 0.187 e. The average molecular weight is 481 g/mol. The summed E-state index contributed by atoms with van der Waals surface area (Å²) in [5, 5.41) is 1.08. The van der Waals surface area contributed by atoms with Crippen molar-refractivity contribution in [2.75, 3.05) is 0 Å². The topological polar surface area (TPSA) is 42.3 Å². The van der Waals surface area contributed by atoms with Crippen LogP contribution in [-0.2, 0) is 4.79 Å². The molecule has 2 heterocycles. The maximum absolute atomic E-state index is 13.5. The van der Waals surface area contributed by atoms with Gasteiger partial charge in [0.25, 0.3) is 0 Å². The van der Waals surface area contributed by atoms with Crippen molar-refractivity contribution in [2.24, 2.45) is 10.9 Å². The Labute approximate surface area is 195 Å². The Bertz CT molecular complexity index is 1360. The molecule has 0 N–H and O–H groups in total. The molecule has 0 bridgehead atoms. The fourth-order valence-electron chi connectivity index (χ4n) is 4.37. The minimum atomic E-state index is -0.0382. The van der Waals surface area contributed by atoms with Gasteiger partial charge >= 0.3 is 0 Å². The molecule has 0 saturated heterocycles. The zero-order valence-corrected chi connectivity index (χ0v) is 19.2. The molecule has 32 heavy (non-hydrogen) atoms. The number of carbonyl (C=O) groups excluding carboxylic acids is 1. The Balaban J connectivity index is 1.57. The van der Waals surface area contributed by atoms with Gasteiger partial charge in [-0.25, -0.2) is 0 Å². The van der Waals surface area contributed by atoms with Crippen LogP contribution in [0.15, 0.2) is 106 Å². The lowest BCUT2D eigenvalue weighted by Gasteiger charge is -2.31. The van der Waals surface area contributed by atoms with Crippen LogP contribution in [0.3, 0.4) is 0 Å². The second-order valence-corrected chi connectivity index (χ2v) is 8.87. The highest BCUT2D eigenvalue weighted by atomic mass is 79.9. The van der Waals surface area contributed by atoms with Crippen molar-refractivity contribution in [2.45, 2.75) is 13.0 Å². The van der Waals surface area contributed by atoms with E-state index in [0.717, 1.165) is 37.8 Å². The molecule has 3 aromatic rings. The number of pyridine rings is 1. The number of allylic oxidation sites excluding steroid dienone is 4. The van der Waals surface area contributed by atoms with Crippen LogP contribution in [0.1, 0.15) is 18.1 Å². The van der Waals surface area contributed by atoms with Crippen LogP contribution in [0, 0.1) is 5.92 Å². The quantitative estimate of drug-likeness (QED) is 0.395. The Morgan fingerprint density at radius 3 is 2.75 bits per heavy atom. The lowest BCUT2D eigenvalue weighted by Crippen LogP contribution is -2.29. The number of halogens is 1. The number of dihydropyridines is 1. The van der Waals surface area contributed by atoms with E-state index in [1.807, 2.05) is 67.6 Å². The molecule has 1 aromatic heterocycles. The van der Waals surface area contributed by atoms with E-state index in [0.29, 0.717) is 5.57 Å². The Morgan fingerprint density at radius 2 is 1.91 bits per heavy atom. The maximum Gasteiger partial charge on any atom is 0.187 e. The van der Waals surface area contributed by atoms with Crippen molar-refractivity contribution in [1.29, 1.82) is 0 Å². The highest BCUT2D eigenvalue weighted by molar-refractivity contribution is 9.11. The van der Waals surface area contributed by atoms with Crippen LogP contribution >= 0.6 is 15.9 Å². The van der Waals surface area contributed by atoms with E-state index in [1.54, 1.807) is 12.3 Å². The summed E-state index contributed by atoms with van der Waals surface area (Å²) < 4.78 is 1.01. The van der Waals surface area contributed by atoms with Gasteiger partial charge < -0.3 is 0 Å². The van der Waals surface area contributed by atoms with Gasteiger partial charge in [-0.05, 0) is 41.8 Å². The van der Waals surface area contributed by atoms with Crippen LogP contribution in [0.5, 0.6) is 0 Å². The number of hydrogen-bond donors (Lipinski definition) is 0. The minimum absolute atomic E-state index is 0.00130. The molecule has 2 atom stereocenters. The SMILES string of the molecule is CC1=NC2C=CC(Br)=CC2C(c2ccccc2)=C1C(=O)C=Cc1ccc2cccnc2c1. The first kappa shape index (κ1) is 20.5. The summed E-state index contributed by atoms with van der Waals surface area (Å²) in [6, 6.07) is 20.1. The second kappa shape index (κ2) is 8.64. The summed E-state index contributed by atoms with van der Waals surface area (Å²) in [6.45, 7) is 1.93. The summed E-state index contributed by atoms with van der Waals surface area (Å²) in [5.74, 6) is -0.0264. The number of hydrogen-bond acceptors (Lipinski definition) is 3. The fourth-order valence-corrected chi connectivity index (χ4v) is 4.81. The van der Waals surface area contributed by atoms with Gasteiger partial charge in [0, 0.05) is 33.3 Å². The standard InChI is InChI=1S/C28H21BrN2O/c1-18-27(26(32)14-10-19-9-11-20-8-5-15-30-25(20)16-19)28(21-6-3-2-4-7-21)23-17-22(29)12-13-24(23)31-18/h2-17,23-24H,1H3. The van der Waals surface area contributed by atoms with Crippen molar-refractivity contribution in [3.63, 3.8) is 0 Å². The van der Waals surface area contributed by atoms with Gasteiger partial charge in [-0.3, -0.25) is 14.8 Å². The highest BCUT2D eigenvalue weighted by Gasteiger charge is 2.33. The predicted molar refractivity (Wildman–Crippen MR) is 136 cm³/mol. The lowest BCUT2D eigenvalue weighted by molar-refractivity contribution is -0.110. The van der Waals surface area contributed by atoms with Gasteiger partial charge in [0.1, 0.15) is 0 Å². The van der Waals surface area contributed by atoms with Crippen LogP contribution in [0.4, 0.5) is 0 Å². The van der Waals surface area contributed by atoms with E-state index in [9.17, 15) is 4.79 Å². The van der Waals surface area contributed by atoms with Gasteiger partial charge in [0.05, 0.1) is 11.6 Å². The molecule has 0 fully saturated rings. The normalized spacial score (nSPS) is 20.3. The minimum Gasteiger partial charge on any atom is -0.289 e. The van der Waals surface area contributed by atoms with Crippen molar-refractivity contribution < 1.29 is 4.79 Å². The first-order valence-corrected chi connectivity index (χ1v) is 11.4. The van der Waals surface area contributed by atoms with Gasteiger partial charge in [-0.15, -0.1) is 0 Å². The number of benzene rings is 2. The lowest BCUT2D eigenvalue weighted by atomic mass is 9.77. The molecule has 1 aliphatic heterocycles. The first-order chi connectivity index (χ1) is 15.6. The first-order valence-electron chi connectivity index (χ1n) is 10.6. The zero-order chi connectivity index (χ0) is 22.1. The van der Waals surface area contributed by atoms with Gasteiger partial charge in [0.15, 0.2) is 5.78 Å². The number of aromatic nitrogens is 1. The number of fused-ring (bicyclic) bond motifs is 2. The summed E-state index contributed by atoms with van der Waals surface area (Å²) in [4.78, 5) is 22.8. The van der Waals surface area contributed by atoms with Gasteiger partial charge in [-0.1, -0.05) is 88.8 Å². The molecule has 2 aromatic carbocycles. The molecule has 2 aliphatic rings. The van der Waals surface area contributed by atoms with Crippen LogP contribution in [0.25, 0.3) is 22.6 Å². The molecule has 0 spiro atoms. The average Bonchev–Trinajstić information content (AvgIpc) is 2.82. The third kappa shape index (κ3) is 3.94. The third-order valence-electron chi connectivity index (χ3n) is 5.85. The van der Waals surface area contributed by atoms with Crippen LogP contribution < -0.4 is 0 Å². The molecule has 156 valence electrons. The summed E-state index contributed by atoms with van der Waals surface area (Å²) in [5.41, 5.74) is 5.39. The van der Waals surface area contributed by atoms with E-state index in [1.165, 1.54) is 0 Å². The number of ketones is 1. The van der Waals surface area contributed by atoms with Crippen LogP contribution in [-0.4, -0.2) is 22.5 Å². The molecule has 0 radical (unpaired) electrons. The van der Waals surface area contributed by atoms with Crippen molar-refractivity contribution in [3.05, 3.63) is 112 Å². The molecule has 3 nitrogen and oxygen atoms in total. The Kier molecular flexibility index (Phi) is 5.54. The van der Waals surface area contributed by atoms with Crippen molar-refractivity contribution in [1.82, 2.24) is 4.98 Å². The molecular formula is C28H21BrN2O. The van der Waals surface area contributed by atoms with E-state index >= 15 is 0 Å². The molecule has 2 unspecified atom stereocenters. The monoisotopic (exact) mass is 480 g/mol. The van der Waals surface area contributed by atoms with E-state index in [4.69, 9.17) is 4.99 Å². The van der Waals surface area contributed by atoms with E-state index in [2.05, 4.69) is 45.2 Å². The largest absolute Gasteiger partial charge is 0.289 e. The van der Waals surface area contributed by atoms with Gasteiger partial charge in [-0.2, -0.15) is 0 Å². The number of rotatable bonds is 4. The third-order valence-corrected chi connectivity index (χ3v) is 6.38. The summed E-state index contributed by atoms with van der Waals surface area (Å²) >= 11 is 3.60. The summed E-state index contributed by atoms with van der Waals surface area (Å²) in [6.07, 6.45) is 11.6. The molecule has 1 aliphatic carbocycles. The van der Waals surface area contributed by atoms with Gasteiger partial charge in [0.2, 0.25) is 0 Å². The maximum atomic E-state index is 13.5. The highest BCUT2D eigenvalue weighted by Crippen LogP contribution is 2.40. The molecule has 0 saturated carbocycles.